The van der Waals surface area contributed by atoms with Crippen LogP contribution in [0.1, 0.15) is 0 Å². The van der Waals surface area contributed by atoms with Crippen molar-refractivity contribution in [2.75, 3.05) is 16.2 Å². The molecule has 0 aliphatic carbocycles. The van der Waals surface area contributed by atoms with E-state index in [1.165, 1.54) is 6.07 Å². The number of hydrogen-bond acceptors (Lipinski definition) is 5. The zero-order chi connectivity index (χ0) is 15.1. The van der Waals surface area contributed by atoms with Crippen LogP contribution < -0.4 is 3.71 Å². The first-order chi connectivity index (χ1) is 9.09. The number of benzene rings is 1. The number of hydrogen-bond donors (Lipinski definition) is 0. The predicted molar refractivity (Wildman–Crippen MR) is 81.6 cm³/mol. The van der Waals surface area contributed by atoms with Gasteiger partial charge in [0, 0.05) is 9.86 Å². The summed E-state index contributed by atoms with van der Waals surface area (Å²) in [7, 11) is -7.96. The van der Waals surface area contributed by atoms with Gasteiger partial charge in [0.15, 0.2) is 5.82 Å². The van der Waals surface area contributed by atoms with Crippen LogP contribution in [-0.2, 0) is 20.0 Å². The minimum absolute atomic E-state index is 0.148. The number of pyridine rings is 1. The summed E-state index contributed by atoms with van der Waals surface area (Å²) in [5, 5.41) is 0.769. The van der Waals surface area contributed by atoms with Crippen LogP contribution >= 0.6 is 15.9 Å². The standard InChI is InChI=1S/C11H11BrN2O4S2/c1-19(15,16)14(20(2,17)18)11-6-3-8-7-9(12)4-5-10(8)13-11/h3-7H,1-2H3. The Balaban J connectivity index is 2.70. The Hall–Kier alpha value is -1.19. The van der Waals surface area contributed by atoms with Crippen LogP contribution in [0.3, 0.4) is 0 Å². The summed E-state index contributed by atoms with van der Waals surface area (Å²) in [5.41, 5.74) is 0.503. The molecule has 0 aliphatic heterocycles. The van der Waals surface area contributed by atoms with E-state index in [4.69, 9.17) is 0 Å². The van der Waals surface area contributed by atoms with Crippen molar-refractivity contribution < 1.29 is 16.8 Å². The monoisotopic (exact) mass is 378 g/mol. The molecule has 2 aromatic rings. The molecule has 20 heavy (non-hydrogen) atoms. The van der Waals surface area contributed by atoms with Crippen molar-refractivity contribution >= 4 is 52.7 Å². The Kier molecular flexibility index (Phi) is 3.78. The number of halogens is 1. The maximum Gasteiger partial charge on any atom is 0.246 e. The van der Waals surface area contributed by atoms with Gasteiger partial charge in [-0.05, 0) is 30.3 Å². The van der Waals surface area contributed by atoms with Gasteiger partial charge in [-0.25, -0.2) is 21.8 Å². The lowest BCUT2D eigenvalue weighted by atomic mass is 10.2. The summed E-state index contributed by atoms with van der Waals surface area (Å²) in [5.74, 6) is -0.148. The molecule has 0 aliphatic rings. The molecule has 0 radical (unpaired) electrons. The van der Waals surface area contributed by atoms with Crippen molar-refractivity contribution in [3.8, 4) is 0 Å². The van der Waals surface area contributed by atoms with Gasteiger partial charge >= 0.3 is 0 Å². The molecule has 1 heterocycles. The molecular formula is C11H11BrN2O4S2. The SMILES string of the molecule is CS(=O)(=O)N(c1ccc2cc(Br)ccc2n1)S(C)(=O)=O. The lowest BCUT2D eigenvalue weighted by Gasteiger charge is -2.18. The summed E-state index contributed by atoms with van der Waals surface area (Å²) in [6.45, 7) is 0. The molecule has 0 saturated heterocycles. The van der Waals surface area contributed by atoms with E-state index in [0.29, 0.717) is 9.23 Å². The lowest BCUT2D eigenvalue weighted by molar-refractivity contribution is 0.590. The summed E-state index contributed by atoms with van der Waals surface area (Å²) in [6, 6.07) is 8.19. The molecule has 0 atom stereocenters. The van der Waals surface area contributed by atoms with E-state index >= 15 is 0 Å². The molecule has 0 fully saturated rings. The van der Waals surface area contributed by atoms with Gasteiger partial charge in [0.05, 0.1) is 18.0 Å². The smallest absolute Gasteiger partial charge is 0.229 e. The minimum Gasteiger partial charge on any atom is -0.229 e. The van der Waals surface area contributed by atoms with Crippen molar-refractivity contribution in [3.05, 3.63) is 34.8 Å². The van der Waals surface area contributed by atoms with Gasteiger partial charge in [-0.1, -0.05) is 15.9 Å². The van der Waals surface area contributed by atoms with Gasteiger partial charge in [-0.15, -0.1) is 3.71 Å². The normalized spacial score (nSPS) is 12.6. The van der Waals surface area contributed by atoms with Gasteiger partial charge in [0.1, 0.15) is 0 Å². The van der Waals surface area contributed by atoms with Gasteiger partial charge in [0.2, 0.25) is 20.0 Å². The minimum atomic E-state index is -3.98. The molecule has 0 saturated carbocycles. The van der Waals surface area contributed by atoms with Gasteiger partial charge in [-0.2, -0.15) is 0 Å². The second kappa shape index (κ2) is 4.97. The number of sulfonamides is 2. The average Bonchev–Trinajstić information content (AvgIpc) is 2.25. The second-order valence-electron chi connectivity index (χ2n) is 4.23. The van der Waals surface area contributed by atoms with Crippen LogP contribution in [0.5, 0.6) is 0 Å². The quantitative estimate of drug-likeness (QED) is 0.811. The predicted octanol–water partition coefficient (Wildman–Crippen LogP) is 1.72. The van der Waals surface area contributed by atoms with E-state index in [1.807, 2.05) is 0 Å². The topological polar surface area (TPSA) is 84.4 Å². The molecule has 0 N–H and O–H groups in total. The highest BCUT2D eigenvalue weighted by Gasteiger charge is 2.28. The van der Waals surface area contributed by atoms with Crippen LogP contribution in [-0.4, -0.2) is 34.3 Å². The van der Waals surface area contributed by atoms with Crippen molar-refractivity contribution in [2.45, 2.75) is 0 Å². The Morgan fingerprint density at radius 2 is 1.60 bits per heavy atom. The van der Waals surface area contributed by atoms with Crippen LogP contribution in [0, 0.1) is 0 Å². The third kappa shape index (κ3) is 3.10. The van der Waals surface area contributed by atoms with E-state index < -0.39 is 20.0 Å². The first kappa shape index (κ1) is 15.2. The fourth-order valence-electron chi connectivity index (χ4n) is 1.77. The van der Waals surface area contributed by atoms with Crippen molar-refractivity contribution in [1.29, 1.82) is 0 Å². The van der Waals surface area contributed by atoms with Crippen molar-refractivity contribution in [1.82, 2.24) is 4.98 Å². The van der Waals surface area contributed by atoms with E-state index in [-0.39, 0.29) is 5.82 Å². The molecule has 0 unspecified atom stereocenters. The van der Waals surface area contributed by atoms with Gasteiger partial charge in [0.25, 0.3) is 0 Å². The lowest BCUT2D eigenvalue weighted by Crippen LogP contribution is -2.35. The number of anilines is 1. The largest absolute Gasteiger partial charge is 0.246 e. The number of aromatic nitrogens is 1. The Labute approximate surface area is 125 Å². The zero-order valence-corrected chi connectivity index (χ0v) is 13.8. The average molecular weight is 379 g/mol. The number of fused-ring (bicyclic) bond motifs is 1. The summed E-state index contributed by atoms with van der Waals surface area (Å²) >= 11 is 3.31. The molecule has 0 bridgehead atoms. The first-order valence-electron chi connectivity index (χ1n) is 5.36. The maximum absolute atomic E-state index is 11.7. The van der Waals surface area contributed by atoms with E-state index in [9.17, 15) is 16.8 Å². The highest BCUT2D eigenvalue weighted by atomic mass is 79.9. The Morgan fingerprint density at radius 3 is 2.15 bits per heavy atom. The van der Waals surface area contributed by atoms with E-state index in [2.05, 4.69) is 20.9 Å². The highest BCUT2D eigenvalue weighted by molar-refractivity contribution is 9.10. The molecule has 108 valence electrons. The summed E-state index contributed by atoms with van der Waals surface area (Å²) in [6.07, 6.45) is 1.64. The molecule has 2 rings (SSSR count). The van der Waals surface area contributed by atoms with Gasteiger partial charge < -0.3 is 0 Å². The third-order valence-corrected chi connectivity index (χ3v) is 6.12. The summed E-state index contributed by atoms with van der Waals surface area (Å²) < 4.78 is 47.8. The molecule has 0 spiro atoms. The zero-order valence-electron chi connectivity index (χ0n) is 10.6. The molecule has 9 heteroatoms. The Bertz CT molecular complexity index is 846. The van der Waals surface area contributed by atoms with Crippen LogP contribution in [0.15, 0.2) is 34.8 Å². The van der Waals surface area contributed by atoms with E-state index in [1.54, 1.807) is 24.3 Å². The number of rotatable bonds is 3. The maximum atomic E-state index is 11.7. The fraction of sp³-hybridized carbons (Fsp3) is 0.182. The van der Waals surface area contributed by atoms with Crippen molar-refractivity contribution in [2.24, 2.45) is 0 Å². The highest BCUT2D eigenvalue weighted by Crippen LogP contribution is 2.24. The van der Waals surface area contributed by atoms with Crippen LogP contribution in [0.25, 0.3) is 10.9 Å². The fourth-order valence-corrected chi connectivity index (χ4v) is 5.00. The molecule has 1 aromatic carbocycles. The van der Waals surface area contributed by atoms with Crippen LogP contribution in [0.4, 0.5) is 5.82 Å². The molecule has 6 nitrogen and oxygen atoms in total. The van der Waals surface area contributed by atoms with Crippen molar-refractivity contribution in [3.63, 3.8) is 0 Å². The van der Waals surface area contributed by atoms with Crippen LogP contribution in [0.2, 0.25) is 0 Å². The third-order valence-electron chi connectivity index (χ3n) is 2.43. The molecule has 1 aromatic heterocycles. The summed E-state index contributed by atoms with van der Waals surface area (Å²) in [4.78, 5) is 4.10. The molecular weight excluding hydrogens is 368 g/mol. The molecule has 0 amide bonds. The van der Waals surface area contributed by atoms with Gasteiger partial charge in [-0.3, -0.25) is 0 Å². The number of nitrogens with zero attached hydrogens (tertiary/aromatic N) is 2. The first-order valence-corrected chi connectivity index (χ1v) is 9.85. The Morgan fingerprint density at radius 1 is 1.00 bits per heavy atom. The van der Waals surface area contributed by atoms with E-state index in [0.717, 1.165) is 22.4 Å². The second-order valence-corrected chi connectivity index (χ2v) is 9.04.